The molecule has 2 nitrogen and oxygen atoms in total. The molecule has 1 rings (SSSR count). The molecular formula is C8H9NO. The van der Waals surface area contributed by atoms with Gasteiger partial charge in [0.25, 0.3) is 0 Å². The van der Waals surface area contributed by atoms with Gasteiger partial charge in [0, 0.05) is 6.20 Å². The number of aliphatic hydroxyl groups excluding tert-OH is 1. The van der Waals surface area contributed by atoms with Crippen molar-refractivity contribution in [1.29, 1.82) is 0 Å². The van der Waals surface area contributed by atoms with Gasteiger partial charge < -0.3 is 5.11 Å². The topological polar surface area (TPSA) is 33.1 Å². The molecule has 0 bridgehead atoms. The fourth-order valence-electron chi connectivity index (χ4n) is 0.648. The van der Waals surface area contributed by atoms with Crippen molar-refractivity contribution in [3.8, 4) is 0 Å². The van der Waals surface area contributed by atoms with Crippen molar-refractivity contribution in [3.05, 3.63) is 36.2 Å². The quantitative estimate of drug-likeness (QED) is 0.658. The first-order valence-corrected chi connectivity index (χ1v) is 3.12. The summed E-state index contributed by atoms with van der Waals surface area (Å²) in [4.78, 5) is 4.02. The summed E-state index contributed by atoms with van der Waals surface area (Å²) in [5.41, 5.74) is 0.872. The van der Waals surface area contributed by atoms with Crippen molar-refractivity contribution in [3.63, 3.8) is 0 Å². The van der Waals surface area contributed by atoms with E-state index in [0.29, 0.717) is 0 Å². The third-order valence-corrected chi connectivity index (χ3v) is 1.08. The normalized spacial score (nSPS) is 10.5. The lowest BCUT2D eigenvalue weighted by Crippen LogP contribution is -1.77. The van der Waals surface area contributed by atoms with Crippen LogP contribution in [0.5, 0.6) is 0 Å². The van der Waals surface area contributed by atoms with Crippen LogP contribution in [0, 0.1) is 0 Å². The third kappa shape index (κ3) is 1.99. The van der Waals surface area contributed by atoms with Crippen LogP contribution in [-0.2, 0) is 0 Å². The van der Waals surface area contributed by atoms with Crippen molar-refractivity contribution in [2.45, 2.75) is 0 Å². The van der Waals surface area contributed by atoms with Crippen LogP contribution in [0.4, 0.5) is 0 Å². The second kappa shape index (κ2) is 3.80. The summed E-state index contributed by atoms with van der Waals surface area (Å²) in [6.07, 6.45) is 5.15. The summed E-state index contributed by atoms with van der Waals surface area (Å²) in [5, 5.41) is 8.41. The Kier molecular flexibility index (Phi) is 2.64. The van der Waals surface area contributed by atoms with Crippen LogP contribution in [0.3, 0.4) is 0 Å². The van der Waals surface area contributed by atoms with Crippen LogP contribution >= 0.6 is 0 Å². The summed E-state index contributed by atoms with van der Waals surface area (Å²) in [5.74, 6) is 0. The van der Waals surface area contributed by atoms with E-state index < -0.39 is 0 Å². The Balaban J connectivity index is 2.67. The molecule has 10 heavy (non-hydrogen) atoms. The number of rotatable bonds is 2. The van der Waals surface area contributed by atoms with E-state index in [0.717, 1.165) is 5.69 Å². The van der Waals surface area contributed by atoms with Crippen LogP contribution < -0.4 is 0 Å². The Morgan fingerprint density at radius 2 is 2.40 bits per heavy atom. The maximum Gasteiger partial charge on any atom is 0.0627 e. The molecule has 0 aliphatic heterocycles. The van der Waals surface area contributed by atoms with Crippen LogP contribution in [0.1, 0.15) is 5.69 Å². The second-order valence-corrected chi connectivity index (χ2v) is 1.84. The van der Waals surface area contributed by atoms with Gasteiger partial charge in [0.15, 0.2) is 0 Å². The summed E-state index contributed by atoms with van der Waals surface area (Å²) >= 11 is 0. The van der Waals surface area contributed by atoms with Gasteiger partial charge in [-0.05, 0) is 18.2 Å². The molecule has 0 unspecified atom stereocenters. The van der Waals surface area contributed by atoms with Crippen molar-refractivity contribution in [2.75, 3.05) is 6.61 Å². The van der Waals surface area contributed by atoms with Gasteiger partial charge in [-0.1, -0.05) is 12.1 Å². The molecule has 0 aromatic carbocycles. The molecule has 1 heterocycles. The average molecular weight is 135 g/mol. The summed E-state index contributed by atoms with van der Waals surface area (Å²) in [7, 11) is 0. The minimum absolute atomic E-state index is 0.0660. The highest BCUT2D eigenvalue weighted by Crippen LogP contribution is 1.94. The third-order valence-electron chi connectivity index (χ3n) is 1.08. The highest BCUT2D eigenvalue weighted by atomic mass is 16.2. The Morgan fingerprint density at radius 3 is 3.00 bits per heavy atom. The first-order chi connectivity index (χ1) is 4.93. The van der Waals surface area contributed by atoms with E-state index in [4.69, 9.17) is 5.11 Å². The van der Waals surface area contributed by atoms with Gasteiger partial charge in [-0.15, -0.1) is 0 Å². The SMILES string of the molecule is OC/C=C\c1ccccn1. The Hall–Kier alpha value is -1.15. The second-order valence-electron chi connectivity index (χ2n) is 1.84. The fourth-order valence-corrected chi connectivity index (χ4v) is 0.648. The lowest BCUT2D eigenvalue weighted by atomic mass is 10.3. The average Bonchev–Trinajstić information content (AvgIpc) is 2.03. The predicted octanol–water partition coefficient (Wildman–Crippen LogP) is 1.09. The van der Waals surface area contributed by atoms with Crippen molar-refractivity contribution < 1.29 is 5.11 Å². The molecule has 1 N–H and O–H groups in total. The van der Waals surface area contributed by atoms with Crippen LogP contribution in [0.15, 0.2) is 30.5 Å². The molecule has 0 saturated heterocycles. The van der Waals surface area contributed by atoms with E-state index >= 15 is 0 Å². The maximum absolute atomic E-state index is 8.41. The molecule has 0 atom stereocenters. The largest absolute Gasteiger partial charge is 0.392 e. The van der Waals surface area contributed by atoms with Gasteiger partial charge >= 0.3 is 0 Å². The highest BCUT2D eigenvalue weighted by Gasteiger charge is 1.80. The zero-order valence-corrected chi connectivity index (χ0v) is 5.57. The summed E-state index contributed by atoms with van der Waals surface area (Å²) < 4.78 is 0. The number of aliphatic hydroxyl groups is 1. The number of aromatic nitrogens is 1. The molecule has 1 aromatic heterocycles. The number of hydrogen-bond acceptors (Lipinski definition) is 2. The Morgan fingerprint density at radius 1 is 1.50 bits per heavy atom. The molecule has 0 spiro atoms. The minimum atomic E-state index is 0.0660. The monoisotopic (exact) mass is 135 g/mol. The predicted molar refractivity (Wildman–Crippen MR) is 40.4 cm³/mol. The first kappa shape index (κ1) is 6.96. The van der Waals surface area contributed by atoms with Gasteiger partial charge in [-0.2, -0.15) is 0 Å². The van der Waals surface area contributed by atoms with E-state index in [1.807, 2.05) is 18.2 Å². The zero-order valence-electron chi connectivity index (χ0n) is 5.57. The summed E-state index contributed by atoms with van der Waals surface area (Å²) in [6, 6.07) is 5.65. The Labute approximate surface area is 59.9 Å². The van der Waals surface area contributed by atoms with Crippen molar-refractivity contribution >= 4 is 6.08 Å². The number of nitrogens with zero attached hydrogens (tertiary/aromatic N) is 1. The molecule has 0 saturated carbocycles. The molecule has 0 radical (unpaired) electrons. The van der Waals surface area contributed by atoms with Gasteiger partial charge in [0.1, 0.15) is 0 Å². The van der Waals surface area contributed by atoms with Gasteiger partial charge in [0.05, 0.1) is 12.3 Å². The number of pyridine rings is 1. The lowest BCUT2D eigenvalue weighted by Gasteiger charge is -1.87. The smallest absolute Gasteiger partial charge is 0.0627 e. The van der Waals surface area contributed by atoms with Crippen molar-refractivity contribution in [1.82, 2.24) is 4.98 Å². The molecule has 0 aliphatic rings. The molecule has 0 amide bonds. The molecule has 2 heteroatoms. The van der Waals surface area contributed by atoms with Crippen LogP contribution in [-0.4, -0.2) is 16.7 Å². The number of hydrogen-bond donors (Lipinski definition) is 1. The van der Waals surface area contributed by atoms with Crippen molar-refractivity contribution in [2.24, 2.45) is 0 Å². The van der Waals surface area contributed by atoms with Gasteiger partial charge in [-0.3, -0.25) is 4.98 Å². The van der Waals surface area contributed by atoms with Crippen LogP contribution in [0.25, 0.3) is 6.08 Å². The Bertz CT molecular complexity index is 206. The summed E-state index contributed by atoms with van der Waals surface area (Å²) in [6.45, 7) is 0.0660. The standard InChI is InChI=1S/C8H9NO/c10-7-3-5-8-4-1-2-6-9-8/h1-6,10H,7H2/b5-3-. The van der Waals surface area contributed by atoms with E-state index in [2.05, 4.69) is 4.98 Å². The van der Waals surface area contributed by atoms with Gasteiger partial charge in [-0.25, -0.2) is 0 Å². The van der Waals surface area contributed by atoms with E-state index in [1.54, 1.807) is 18.3 Å². The molecule has 0 aliphatic carbocycles. The van der Waals surface area contributed by atoms with Gasteiger partial charge in [0.2, 0.25) is 0 Å². The molecule has 0 fully saturated rings. The highest BCUT2D eigenvalue weighted by molar-refractivity contribution is 5.43. The fraction of sp³-hybridized carbons (Fsp3) is 0.125. The minimum Gasteiger partial charge on any atom is -0.392 e. The van der Waals surface area contributed by atoms with E-state index in [9.17, 15) is 0 Å². The first-order valence-electron chi connectivity index (χ1n) is 3.12. The van der Waals surface area contributed by atoms with Crippen LogP contribution in [0.2, 0.25) is 0 Å². The van der Waals surface area contributed by atoms with E-state index in [1.165, 1.54) is 0 Å². The lowest BCUT2D eigenvalue weighted by molar-refractivity contribution is 0.343. The molecular weight excluding hydrogens is 126 g/mol. The van der Waals surface area contributed by atoms with E-state index in [-0.39, 0.29) is 6.61 Å². The maximum atomic E-state index is 8.41. The molecule has 1 aromatic rings. The zero-order chi connectivity index (χ0) is 7.23. The molecule has 52 valence electrons.